The molecule has 2 fully saturated rings. The molecule has 6 heteroatoms. The van der Waals surface area contributed by atoms with E-state index in [1.54, 1.807) is 24.3 Å². The van der Waals surface area contributed by atoms with E-state index in [4.69, 9.17) is 0 Å². The Morgan fingerprint density at radius 1 is 1.13 bits per heavy atom. The number of hydrogen-bond donors (Lipinski definition) is 2. The molecule has 0 radical (unpaired) electrons. The van der Waals surface area contributed by atoms with Gasteiger partial charge < -0.3 is 20.3 Å². The average molecular weight is 421 g/mol. The van der Waals surface area contributed by atoms with Gasteiger partial charge in [-0.25, -0.2) is 0 Å². The molecule has 6 nitrogen and oxygen atoms in total. The second-order valence-electron chi connectivity index (χ2n) is 8.70. The van der Waals surface area contributed by atoms with Crippen molar-refractivity contribution in [1.82, 2.24) is 4.90 Å². The molecule has 2 aromatic rings. The smallest absolute Gasteiger partial charge is 0.255 e. The largest absolute Gasteiger partial charge is 0.378 e. The van der Waals surface area contributed by atoms with Crippen molar-refractivity contribution < 1.29 is 9.59 Å². The maximum atomic E-state index is 12.6. The van der Waals surface area contributed by atoms with Crippen LogP contribution >= 0.6 is 0 Å². The molecule has 2 aliphatic heterocycles. The lowest BCUT2D eigenvalue weighted by Gasteiger charge is -2.28. The molecule has 0 spiro atoms. The molecule has 2 unspecified atom stereocenters. The van der Waals surface area contributed by atoms with Gasteiger partial charge in [-0.2, -0.15) is 0 Å². The average Bonchev–Trinajstić information content (AvgIpc) is 3.43. The lowest BCUT2D eigenvalue weighted by molar-refractivity contribution is -0.106. The molecule has 2 N–H and O–H groups in total. The highest BCUT2D eigenvalue weighted by Gasteiger charge is 2.32. The van der Waals surface area contributed by atoms with Gasteiger partial charge in [-0.15, -0.1) is 0 Å². The Balaban J connectivity index is 1.37. The zero-order chi connectivity index (χ0) is 21.8. The number of anilines is 3. The number of carbonyl (C=O) groups is 2. The number of aldehydes is 1. The third-order valence-corrected chi connectivity index (χ3v) is 6.60. The number of benzene rings is 2. The molecule has 2 atom stereocenters. The Kier molecular flexibility index (Phi) is 6.56. The van der Waals surface area contributed by atoms with Crippen LogP contribution < -0.4 is 15.5 Å². The molecule has 2 saturated heterocycles. The van der Waals surface area contributed by atoms with Crippen molar-refractivity contribution in [2.45, 2.75) is 45.2 Å². The van der Waals surface area contributed by atoms with Crippen LogP contribution in [0.3, 0.4) is 0 Å². The van der Waals surface area contributed by atoms with Crippen LogP contribution in [0.2, 0.25) is 0 Å². The molecule has 2 aromatic carbocycles. The second-order valence-corrected chi connectivity index (χ2v) is 8.70. The van der Waals surface area contributed by atoms with Crippen LogP contribution in [-0.2, 0) is 4.79 Å². The van der Waals surface area contributed by atoms with Crippen molar-refractivity contribution in [3.05, 3.63) is 53.6 Å². The van der Waals surface area contributed by atoms with Gasteiger partial charge in [0.05, 0.1) is 6.54 Å². The number of nitrogens with zero attached hydrogens (tertiary/aromatic N) is 2. The molecule has 2 heterocycles. The van der Waals surface area contributed by atoms with E-state index in [-0.39, 0.29) is 12.5 Å². The number of nitrogens with one attached hydrogen (secondary N) is 2. The van der Waals surface area contributed by atoms with Crippen LogP contribution in [-0.4, -0.2) is 55.4 Å². The molecule has 164 valence electrons. The van der Waals surface area contributed by atoms with Crippen LogP contribution in [0.15, 0.2) is 42.5 Å². The predicted molar refractivity (Wildman–Crippen MR) is 126 cm³/mol. The molecular weight excluding hydrogens is 388 g/mol. The third-order valence-electron chi connectivity index (χ3n) is 6.60. The topological polar surface area (TPSA) is 64.7 Å². The number of likely N-dealkylation sites (tertiary alicyclic amines) is 1. The van der Waals surface area contributed by atoms with Gasteiger partial charge in [0.15, 0.2) is 0 Å². The first-order valence-corrected chi connectivity index (χ1v) is 11.3. The molecule has 4 rings (SSSR count). The van der Waals surface area contributed by atoms with Crippen LogP contribution in [0.25, 0.3) is 0 Å². The Labute approximate surface area is 184 Å². The van der Waals surface area contributed by atoms with E-state index in [1.807, 2.05) is 13.0 Å². The van der Waals surface area contributed by atoms with Crippen LogP contribution in [0.4, 0.5) is 17.1 Å². The summed E-state index contributed by atoms with van der Waals surface area (Å²) in [6, 6.07) is 14.8. The Morgan fingerprint density at radius 3 is 2.61 bits per heavy atom. The third kappa shape index (κ3) is 4.90. The summed E-state index contributed by atoms with van der Waals surface area (Å²) < 4.78 is 0. The van der Waals surface area contributed by atoms with Crippen molar-refractivity contribution in [3.8, 4) is 0 Å². The van der Waals surface area contributed by atoms with Crippen molar-refractivity contribution in [2.75, 3.05) is 41.7 Å². The lowest BCUT2D eigenvalue weighted by Crippen LogP contribution is -2.39. The quantitative estimate of drug-likeness (QED) is 0.665. The summed E-state index contributed by atoms with van der Waals surface area (Å²) in [4.78, 5) is 28.3. The predicted octanol–water partition coefficient (Wildman–Crippen LogP) is 3.92. The molecule has 2 aliphatic rings. The molecular formula is C25H32N4O2. The SMILES string of the molecule is Cc1cc(N2CCC(N3CCCC3C)C2)ccc1NC(=O)c1ccc(NCC=O)cc1. The molecule has 0 aliphatic carbocycles. The van der Waals surface area contributed by atoms with Crippen LogP contribution in [0, 0.1) is 6.92 Å². The Hall–Kier alpha value is -2.86. The summed E-state index contributed by atoms with van der Waals surface area (Å²) in [5.41, 5.74) is 4.53. The Bertz CT molecular complexity index is 928. The number of hydrogen-bond acceptors (Lipinski definition) is 5. The van der Waals surface area contributed by atoms with Crippen molar-refractivity contribution in [3.63, 3.8) is 0 Å². The number of rotatable bonds is 7. The van der Waals surface area contributed by atoms with Gasteiger partial charge in [-0.1, -0.05) is 0 Å². The normalized spacial score (nSPS) is 21.3. The summed E-state index contributed by atoms with van der Waals surface area (Å²) in [5.74, 6) is -0.137. The highest BCUT2D eigenvalue weighted by molar-refractivity contribution is 6.04. The van der Waals surface area contributed by atoms with Crippen LogP contribution in [0.5, 0.6) is 0 Å². The Morgan fingerprint density at radius 2 is 1.94 bits per heavy atom. The summed E-state index contributed by atoms with van der Waals surface area (Å²) in [5, 5.41) is 5.99. The van der Waals surface area contributed by atoms with Gasteiger partial charge in [-0.3, -0.25) is 9.69 Å². The minimum absolute atomic E-state index is 0.137. The highest BCUT2D eigenvalue weighted by Crippen LogP contribution is 2.30. The van der Waals surface area contributed by atoms with Gasteiger partial charge in [0.2, 0.25) is 0 Å². The van der Waals surface area contributed by atoms with E-state index in [1.165, 1.54) is 31.5 Å². The minimum atomic E-state index is -0.137. The standard InChI is InChI=1S/C25H32N4O2/c1-18-16-22(28-14-11-23(17-28)29-13-3-4-19(29)2)9-10-24(18)27-25(31)20-5-7-21(8-6-20)26-12-15-30/h5-10,15-16,19,23,26H,3-4,11-14,17H2,1-2H3,(H,27,31). The fourth-order valence-corrected chi connectivity index (χ4v) is 4.82. The van der Waals surface area contributed by atoms with Crippen LogP contribution in [0.1, 0.15) is 42.1 Å². The maximum Gasteiger partial charge on any atom is 0.255 e. The lowest BCUT2D eigenvalue weighted by atomic mass is 10.1. The molecule has 1 amide bonds. The van der Waals surface area contributed by atoms with Gasteiger partial charge in [0, 0.05) is 47.8 Å². The number of amides is 1. The second kappa shape index (κ2) is 9.52. The van der Waals surface area contributed by atoms with Gasteiger partial charge in [0.1, 0.15) is 6.29 Å². The molecule has 31 heavy (non-hydrogen) atoms. The first-order valence-electron chi connectivity index (χ1n) is 11.3. The maximum absolute atomic E-state index is 12.6. The number of carbonyl (C=O) groups excluding carboxylic acids is 2. The monoisotopic (exact) mass is 420 g/mol. The van der Waals surface area contributed by atoms with E-state index in [2.05, 4.69) is 39.5 Å². The summed E-state index contributed by atoms with van der Waals surface area (Å²) in [7, 11) is 0. The van der Waals surface area contributed by atoms with Gasteiger partial charge in [0.25, 0.3) is 5.91 Å². The highest BCUT2D eigenvalue weighted by atomic mass is 16.1. The minimum Gasteiger partial charge on any atom is -0.378 e. The van der Waals surface area contributed by atoms with E-state index in [0.717, 1.165) is 36.3 Å². The fourth-order valence-electron chi connectivity index (χ4n) is 4.82. The van der Waals surface area contributed by atoms with E-state index in [0.29, 0.717) is 17.6 Å². The van der Waals surface area contributed by atoms with Crippen molar-refractivity contribution in [2.24, 2.45) is 0 Å². The summed E-state index contributed by atoms with van der Waals surface area (Å²) in [6.45, 7) is 8.06. The van der Waals surface area contributed by atoms with Gasteiger partial charge in [-0.05, 0) is 87.7 Å². The van der Waals surface area contributed by atoms with Crippen molar-refractivity contribution in [1.29, 1.82) is 0 Å². The van der Waals surface area contributed by atoms with Gasteiger partial charge >= 0.3 is 0 Å². The van der Waals surface area contributed by atoms with E-state index >= 15 is 0 Å². The number of aryl methyl sites for hydroxylation is 1. The van der Waals surface area contributed by atoms with Crippen molar-refractivity contribution >= 4 is 29.3 Å². The zero-order valence-corrected chi connectivity index (χ0v) is 18.4. The molecule has 0 saturated carbocycles. The molecule has 0 aromatic heterocycles. The van der Waals surface area contributed by atoms with E-state index < -0.39 is 0 Å². The van der Waals surface area contributed by atoms with E-state index in [9.17, 15) is 9.59 Å². The molecule has 0 bridgehead atoms. The fraction of sp³-hybridized carbons (Fsp3) is 0.440. The zero-order valence-electron chi connectivity index (χ0n) is 18.4. The first kappa shape index (κ1) is 21.4. The summed E-state index contributed by atoms with van der Waals surface area (Å²) in [6.07, 6.45) is 4.67. The summed E-state index contributed by atoms with van der Waals surface area (Å²) >= 11 is 0. The first-order chi connectivity index (χ1) is 15.0.